The molecule has 6 aromatic rings. The molecular formula is C38H29N. The molecule has 7 rings (SSSR count). The van der Waals surface area contributed by atoms with Gasteiger partial charge in [-0.25, -0.2) is 0 Å². The summed E-state index contributed by atoms with van der Waals surface area (Å²) in [5.41, 5.74) is 12.7. The number of hydrogen-bond acceptors (Lipinski definition) is 0. The SMILES string of the molecule is CC1=C(c2ccccc2)C=C(c2ccc(-n3c4ccccc4c4ccccc43)cc2)C=C(c2ccccc2)C1. The van der Waals surface area contributed by atoms with Crippen LogP contribution < -0.4 is 0 Å². The third-order valence-corrected chi connectivity index (χ3v) is 7.81. The van der Waals surface area contributed by atoms with Crippen molar-refractivity contribution in [1.82, 2.24) is 4.57 Å². The van der Waals surface area contributed by atoms with Gasteiger partial charge in [-0.15, -0.1) is 0 Å². The molecule has 0 radical (unpaired) electrons. The molecule has 1 heterocycles. The lowest BCUT2D eigenvalue weighted by Gasteiger charge is -2.11. The Morgan fingerprint density at radius 3 is 1.64 bits per heavy atom. The molecule has 39 heavy (non-hydrogen) atoms. The lowest BCUT2D eigenvalue weighted by Crippen LogP contribution is -1.94. The molecule has 186 valence electrons. The normalized spacial score (nSPS) is 13.9. The van der Waals surface area contributed by atoms with E-state index in [0.29, 0.717) is 0 Å². The van der Waals surface area contributed by atoms with Crippen LogP contribution >= 0.6 is 0 Å². The van der Waals surface area contributed by atoms with Gasteiger partial charge >= 0.3 is 0 Å². The standard InChI is InChI=1S/C38H29N/c1-27-24-31(28-12-4-2-5-13-28)25-32(26-36(27)30-14-6-3-7-15-30)29-20-22-33(23-21-29)39-37-18-10-8-16-34(37)35-17-9-11-19-38(35)39/h2-23,25-26H,24H2,1H3. The number of hydrogen-bond donors (Lipinski definition) is 0. The summed E-state index contributed by atoms with van der Waals surface area (Å²) in [5, 5.41) is 2.57. The quantitative estimate of drug-likeness (QED) is 0.227. The first-order chi connectivity index (χ1) is 19.3. The summed E-state index contributed by atoms with van der Waals surface area (Å²) < 4.78 is 2.38. The van der Waals surface area contributed by atoms with E-state index < -0.39 is 0 Å². The lowest BCUT2D eigenvalue weighted by atomic mass is 9.95. The Hall–Kier alpha value is -4.88. The molecule has 0 aliphatic heterocycles. The number of para-hydroxylation sites is 2. The summed E-state index contributed by atoms with van der Waals surface area (Å²) in [7, 11) is 0. The van der Waals surface area contributed by atoms with E-state index in [1.54, 1.807) is 0 Å². The Morgan fingerprint density at radius 2 is 1.03 bits per heavy atom. The highest BCUT2D eigenvalue weighted by molar-refractivity contribution is 6.09. The first-order valence-electron chi connectivity index (χ1n) is 13.6. The number of allylic oxidation sites excluding steroid dienone is 6. The predicted molar refractivity (Wildman–Crippen MR) is 167 cm³/mol. The van der Waals surface area contributed by atoms with E-state index in [1.165, 1.54) is 66.5 Å². The molecule has 0 amide bonds. The van der Waals surface area contributed by atoms with Crippen LogP contribution in [0.1, 0.15) is 30.0 Å². The summed E-state index contributed by atoms with van der Waals surface area (Å²) in [6.07, 6.45) is 5.67. The Kier molecular flexibility index (Phi) is 5.83. The van der Waals surface area contributed by atoms with Gasteiger partial charge in [0.25, 0.3) is 0 Å². The number of benzene rings is 5. The van der Waals surface area contributed by atoms with E-state index in [0.717, 1.165) is 6.42 Å². The molecule has 0 N–H and O–H groups in total. The molecule has 0 unspecified atom stereocenters. The van der Waals surface area contributed by atoms with Crippen molar-refractivity contribution >= 4 is 38.5 Å². The topological polar surface area (TPSA) is 4.93 Å². The maximum Gasteiger partial charge on any atom is 0.0541 e. The molecule has 0 atom stereocenters. The molecule has 1 aromatic heterocycles. The molecule has 0 saturated carbocycles. The summed E-state index contributed by atoms with van der Waals surface area (Å²) >= 11 is 0. The Labute approximate surface area is 229 Å². The van der Waals surface area contributed by atoms with Crippen LogP contribution in [0.4, 0.5) is 0 Å². The van der Waals surface area contributed by atoms with Crippen LogP contribution in [0.3, 0.4) is 0 Å². The number of nitrogens with zero attached hydrogens (tertiary/aromatic N) is 1. The van der Waals surface area contributed by atoms with Crippen LogP contribution in [0.5, 0.6) is 0 Å². The van der Waals surface area contributed by atoms with Crippen LogP contribution in [0, 0.1) is 0 Å². The first kappa shape index (κ1) is 23.3. The number of fused-ring (bicyclic) bond motifs is 3. The van der Waals surface area contributed by atoms with Gasteiger partial charge in [0.15, 0.2) is 0 Å². The number of rotatable bonds is 4. The van der Waals surface area contributed by atoms with Crippen LogP contribution in [0.25, 0.3) is 44.2 Å². The van der Waals surface area contributed by atoms with Gasteiger partial charge in [0, 0.05) is 16.5 Å². The highest BCUT2D eigenvalue weighted by Crippen LogP contribution is 2.37. The Morgan fingerprint density at radius 1 is 0.487 bits per heavy atom. The van der Waals surface area contributed by atoms with Gasteiger partial charge in [0.05, 0.1) is 11.0 Å². The monoisotopic (exact) mass is 499 g/mol. The Bertz CT molecular complexity index is 1840. The second-order valence-corrected chi connectivity index (χ2v) is 10.3. The molecule has 0 spiro atoms. The molecular weight excluding hydrogens is 470 g/mol. The summed E-state index contributed by atoms with van der Waals surface area (Å²) in [6.45, 7) is 2.27. The van der Waals surface area contributed by atoms with Crippen LogP contribution in [0.2, 0.25) is 0 Å². The first-order valence-corrected chi connectivity index (χ1v) is 13.6. The van der Waals surface area contributed by atoms with Gasteiger partial charge in [-0.3, -0.25) is 0 Å². The van der Waals surface area contributed by atoms with Crippen molar-refractivity contribution in [2.45, 2.75) is 13.3 Å². The maximum atomic E-state index is 2.38. The average molecular weight is 500 g/mol. The van der Waals surface area contributed by atoms with Gasteiger partial charge in [-0.2, -0.15) is 0 Å². The molecule has 0 saturated heterocycles. The Balaban J connectivity index is 1.37. The molecule has 0 bridgehead atoms. The van der Waals surface area contributed by atoms with Crippen molar-refractivity contribution in [3.8, 4) is 5.69 Å². The fourth-order valence-electron chi connectivity index (χ4n) is 5.90. The van der Waals surface area contributed by atoms with E-state index in [-0.39, 0.29) is 0 Å². The maximum absolute atomic E-state index is 2.38. The molecule has 0 fully saturated rings. The largest absolute Gasteiger partial charge is 0.309 e. The van der Waals surface area contributed by atoms with Gasteiger partial charge in [-0.05, 0) is 77.1 Å². The minimum absolute atomic E-state index is 0.924. The summed E-state index contributed by atoms with van der Waals surface area (Å²) in [6, 6.07) is 48.0. The highest BCUT2D eigenvalue weighted by Gasteiger charge is 2.16. The van der Waals surface area contributed by atoms with Crippen molar-refractivity contribution < 1.29 is 0 Å². The van der Waals surface area contributed by atoms with E-state index >= 15 is 0 Å². The van der Waals surface area contributed by atoms with Gasteiger partial charge in [-0.1, -0.05) is 121 Å². The van der Waals surface area contributed by atoms with Crippen molar-refractivity contribution in [3.05, 3.63) is 168 Å². The molecule has 1 aliphatic rings. The lowest BCUT2D eigenvalue weighted by molar-refractivity contribution is 1.18. The molecule has 1 aliphatic carbocycles. The van der Waals surface area contributed by atoms with Crippen molar-refractivity contribution in [1.29, 1.82) is 0 Å². The van der Waals surface area contributed by atoms with Crippen molar-refractivity contribution in [2.75, 3.05) is 0 Å². The minimum Gasteiger partial charge on any atom is -0.309 e. The second kappa shape index (κ2) is 9.78. The fourth-order valence-corrected chi connectivity index (χ4v) is 5.90. The van der Waals surface area contributed by atoms with E-state index in [4.69, 9.17) is 0 Å². The zero-order chi connectivity index (χ0) is 26.2. The summed E-state index contributed by atoms with van der Waals surface area (Å²) in [4.78, 5) is 0. The van der Waals surface area contributed by atoms with Crippen LogP contribution in [0.15, 0.2) is 151 Å². The van der Waals surface area contributed by atoms with Crippen molar-refractivity contribution in [2.24, 2.45) is 0 Å². The highest BCUT2D eigenvalue weighted by atomic mass is 15.0. The third-order valence-electron chi connectivity index (χ3n) is 7.81. The molecule has 5 aromatic carbocycles. The smallest absolute Gasteiger partial charge is 0.0541 e. The van der Waals surface area contributed by atoms with Gasteiger partial charge in [0.2, 0.25) is 0 Å². The number of aromatic nitrogens is 1. The van der Waals surface area contributed by atoms with E-state index in [1.807, 2.05) is 0 Å². The van der Waals surface area contributed by atoms with E-state index in [2.05, 4.69) is 157 Å². The third kappa shape index (κ3) is 4.23. The second-order valence-electron chi connectivity index (χ2n) is 10.3. The van der Waals surface area contributed by atoms with Crippen LogP contribution in [-0.2, 0) is 0 Å². The van der Waals surface area contributed by atoms with E-state index in [9.17, 15) is 0 Å². The minimum atomic E-state index is 0.924. The summed E-state index contributed by atoms with van der Waals surface area (Å²) in [5.74, 6) is 0. The van der Waals surface area contributed by atoms with Gasteiger partial charge < -0.3 is 4.57 Å². The predicted octanol–water partition coefficient (Wildman–Crippen LogP) is 10.1. The average Bonchev–Trinajstić information content (AvgIpc) is 3.23. The zero-order valence-corrected chi connectivity index (χ0v) is 22.0. The van der Waals surface area contributed by atoms with Crippen molar-refractivity contribution in [3.63, 3.8) is 0 Å². The van der Waals surface area contributed by atoms with Gasteiger partial charge in [0.1, 0.15) is 0 Å². The van der Waals surface area contributed by atoms with Crippen LogP contribution in [-0.4, -0.2) is 4.57 Å². The fraction of sp³-hybridized carbons (Fsp3) is 0.0526. The zero-order valence-electron chi connectivity index (χ0n) is 22.0. The molecule has 1 nitrogen and oxygen atoms in total. The molecule has 1 heteroatoms.